The van der Waals surface area contributed by atoms with Crippen molar-refractivity contribution in [2.45, 2.75) is 0 Å². The molecule has 1 aromatic heterocycles. The Hall–Kier alpha value is -2.96. The topological polar surface area (TPSA) is 103 Å². The van der Waals surface area contributed by atoms with Gasteiger partial charge in [-0.1, -0.05) is 0 Å². The normalized spacial score (nSPS) is 9.89. The van der Waals surface area contributed by atoms with Gasteiger partial charge in [-0.15, -0.1) is 0 Å². The summed E-state index contributed by atoms with van der Waals surface area (Å²) < 4.78 is 5.26. The second-order valence-corrected chi connectivity index (χ2v) is 3.52. The van der Waals surface area contributed by atoms with E-state index < -0.39 is 10.9 Å². The fraction of sp³-hybridized carbons (Fsp3) is 0. The van der Waals surface area contributed by atoms with Crippen LogP contribution < -0.4 is 4.74 Å². The number of aromatic carboxylic acids is 1. The first kappa shape index (κ1) is 12.5. The Labute approximate surface area is 107 Å². The van der Waals surface area contributed by atoms with Crippen LogP contribution in [-0.4, -0.2) is 21.0 Å². The van der Waals surface area contributed by atoms with Gasteiger partial charge in [-0.2, -0.15) is 0 Å². The first-order valence-corrected chi connectivity index (χ1v) is 5.18. The highest BCUT2D eigenvalue weighted by atomic mass is 16.6. The number of ether oxygens (including phenoxy) is 1. The molecule has 96 valence electrons. The number of benzene rings is 1. The van der Waals surface area contributed by atoms with Crippen molar-refractivity contribution in [2.24, 2.45) is 0 Å². The van der Waals surface area contributed by atoms with E-state index in [1.165, 1.54) is 42.6 Å². The molecule has 0 saturated carbocycles. The molecule has 2 rings (SSSR count). The average Bonchev–Trinajstić information content (AvgIpc) is 2.39. The molecular formula is C12H8N2O5. The summed E-state index contributed by atoms with van der Waals surface area (Å²) in [5, 5.41) is 19.5. The lowest BCUT2D eigenvalue weighted by molar-refractivity contribution is -0.386. The van der Waals surface area contributed by atoms with Crippen molar-refractivity contribution in [1.29, 1.82) is 0 Å². The summed E-state index contributed by atoms with van der Waals surface area (Å²) in [6.07, 6.45) is 1.37. The van der Waals surface area contributed by atoms with Crippen molar-refractivity contribution < 1.29 is 19.6 Å². The Morgan fingerprint density at radius 2 is 1.95 bits per heavy atom. The Morgan fingerprint density at radius 3 is 2.53 bits per heavy atom. The van der Waals surface area contributed by atoms with Crippen molar-refractivity contribution >= 4 is 11.7 Å². The molecule has 19 heavy (non-hydrogen) atoms. The van der Waals surface area contributed by atoms with E-state index in [9.17, 15) is 14.9 Å². The minimum atomic E-state index is -1.06. The zero-order chi connectivity index (χ0) is 13.8. The van der Waals surface area contributed by atoms with Crippen LogP contribution in [0.5, 0.6) is 11.6 Å². The summed E-state index contributed by atoms with van der Waals surface area (Å²) in [5.74, 6) is -0.933. The maximum absolute atomic E-state index is 10.8. The fourth-order valence-corrected chi connectivity index (χ4v) is 1.38. The number of carboxylic acid groups (broad SMARTS) is 1. The molecule has 0 radical (unpaired) electrons. The van der Waals surface area contributed by atoms with Gasteiger partial charge in [0.1, 0.15) is 5.75 Å². The molecule has 1 heterocycles. The van der Waals surface area contributed by atoms with Gasteiger partial charge in [-0.05, 0) is 30.3 Å². The van der Waals surface area contributed by atoms with Crippen molar-refractivity contribution in [1.82, 2.24) is 4.98 Å². The van der Waals surface area contributed by atoms with Gasteiger partial charge in [-0.3, -0.25) is 10.1 Å². The lowest BCUT2D eigenvalue weighted by Crippen LogP contribution is -1.97. The summed E-state index contributed by atoms with van der Waals surface area (Å²) in [6.45, 7) is 0. The number of carbonyl (C=O) groups is 1. The third-order valence-corrected chi connectivity index (χ3v) is 2.26. The molecular weight excluding hydrogens is 252 g/mol. The Morgan fingerprint density at radius 1 is 1.26 bits per heavy atom. The van der Waals surface area contributed by atoms with Crippen LogP contribution in [0.15, 0.2) is 42.6 Å². The van der Waals surface area contributed by atoms with E-state index in [4.69, 9.17) is 9.84 Å². The zero-order valence-electron chi connectivity index (χ0n) is 9.52. The van der Waals surface area contributed by atoms with Crippen LogP contribution in [0, 0.1) is 10.1 Å². The third-order valence-electron chi connectivity index (χ3n) is 2.26. The Bertz CT molecular complexity index is 624. The monoisotopic (exact) mass is 260 g/mol. The summed E-state index contributed by atoms with van der Waals surface area (Å²) >= 11 is 0. The van der Waals surface area contributed by atoms with Crippen molar-refractivity contribution in [3.63, 3.8) is 0 Å². The number of hydrogen-bond donors (Lipinski definition) is 1. The molecule has 0 fully saturated rings. The minimum absolute atomic E-state index is 0.0999. The van der Waals surface area contributed by atoms with E-state index in [-0.39, 0.29) is 22.9 Å². The van der Waals surface area contributed by atoms with Crippen LogP contribution in [0.2, 0.25) is 0 Å². The summed E-state index contributed by atoms with van der Waals surface area (Å²) in [5.41, 5.74) is -0.160. The second kappa shape index (κ2) is 5.13. The number of hydrogen-bond acceptors (Lipinski definition) is 5. The standard InChI is InChI=1S/C12H8N2O5/c15-12(16)8-3-5-9(6-4-8)19-11-10(14(17)18)2-1-7-13-11/h1-7H,(H,15,16). The summed E-state index contributed by atoms with van der Waals surface area (Å²) in [7, 11) is 0. The quantitative estimate of drug-likeness (QED) is 0.669. The molecule has 0 aliphatic heterocycles. The van der Waals surface area contributed by atoms with E-state index in [0.29, 0.717) is 0 Å². The van der Waals surface area contributed by atoms with E-state index in [1.807, 2.05) is 0 Å². The maximum Gasteiger partial charge on any atom is 0.335 e. The molecule has 1 aromatic carbocycles. The predicted octanol–water partition coefficient (Wildman–Crippen LogP) is 2.48. The predicted molar refractivity (Wildman–Crippen MR) is 64.4 cm³/mol. The largest absolute Gasteiger partial charge is 0.478 e. The minimum Gasteiger partial charge on any atom is -0.478 e. The smallest absolute Gasteiger partial charge is 0.335 e. The first-order valence-electron chi connectivity index (χ1n) is 5.18. The van der Waals surface area contributed by atoms with Gasteiger partial charge in [-0.25, -0.2) is 9.78 Å². The molecule has 7 nitrogen and oxygen atoms in total. The van der Waals surface area contributed by atoms with Gasteiger partial charge < -0.3 is 9.84 Å². The molecule has 0 aliphatic rings. The number of rotatable bonds is 4. The zero-order valence-corrected chi connectivity index (χ0v) is 9.52. The van der Waals surface area contributed by atoms with E-state index in [2.05, 4.69) is 4.98 Å². The SMILES string of the molecule is O=C(O)c1ccc(Oc2ncccc2[N+](=O)[O-])cc1. The van der Waals surface area contributed by atoms with Crippen molar-refractivity contribution in [3.8, 4) is 11.6 Å². The van der Waals surface area contributed by atoms with Crippen molar-refractivity contribution in [3.05, 3.63) is 58.3 Å². The van der Waals surface area contributed by atoms with Crippen LogP contribution in [0.4, 0.5) is 5.69 Å². The molecule has 0 spiro atoms. The highest BCUT2D eigenvalue weighted by Crippen LogP contribution is 2.28. The van der Waals surface area contributed by atoms with Gasteiger partial charge >= 0.3 is 11.7 Å². The van der Waals surface area contributed by atoms with Gasteiger partial charge in [0.15, 0.2) is 0 Å². The molecule has 0 aliphatic carbocycles. The van der Waals surface area contributed by atoms with Crippen LogP contribution in [0.25, 0.3) is 0 Å². The summed E-state index contributed by atoms with van der Waals surface area (Å²) in [4.78, 5) is 24.6. The van der Waals surface area contributed by atoms with Gasteiger partial charge in [0.25, 0.3) is 5.88 Å². The molecule has 0 unspecified atom stereocenters. The fourth-order valence-electron chi connectivity index (χ4n) is 1.38. The first-order chi connectivity index (χ1) is 9.08. The number of nitro groups is 1. The van der Waals surface area contributed by atoms with Crippen LogP contribution in [0.1, 0.15) is 10.4 Å². The van der Waals surface area contributed by atoms with Crippen LogP contribution >= 0.6 is 0 Å². The van der Waals surface area contributed by atoms with E-state index in [0.717, 1.165) is 0 Å². The second-order valence-electron chi connectivity index (χ2n) is 3.52. The third kappa shape index (κ3) is 2.83. The maximum atomic E-state index is 10.8. The van der Waals surface area contributed by atoms with E-state index >= 15 is 0 Å². The van der Waals surface area contributed by atoms with Gasteiger partial charge in [0, 0.05) is 12.3 Å². The van der Waals surface area contributed by atoms with Gasteiger partial charge in [0.05, 0.1) is 10.5 Å². The molecule has 0 saturated heterocycles. The Balaban J connectivity index is 2.26. The van der Waals surface area contributed by atoms with E-state index in [1.54, 1.807) is 0 Å². The number of pyridine rings is 1. The molecule has 7 heteroatoms. The highest BCUT2D eigenvalue weighted by molar-refractivity contribution is 5.87. The summed E-state index contributed by atoms with van der Waals surface area (Å²) in [6, 6.07) is 8.19. The van der Waals surface area contributed by atoms with Crippen LogP contribution in [0.3, 0.4) is 0 Å². The lowest BCUT2D eigenvalue weighted by Gasteiger charge is -2.04. The number of carboxylic acids is 1. The average molecular weight is 260 g/mol. The molecule has 2 aromatic rings. The molecule has 1 N–H and O–H groups in total. The van der Waals surface area contributed by atoms with Gasteiger partial charge in [0.2, 0.25) is 0 Å². The number of nitrogens with zero attached hydrogens (tertiary/aromatic N) is 2. The Kier molecular flexibility index (Phi) is 3.37. The number of aromatic nitrogens is 1. The van der Waals surface area contributed by atoms with Crippen molar-refractivity contribution in [2.75, 3.05) is 0 Å². The molecule has 0 bridgehead atoms. The lowest BCUT2D eigenvalue weighted by atomic mass is 10.2. The molecule has 0 atom stereocenters. The molecule has 0 amide bonds. The highest BCUT2D eigenvalue weighted by Gasteiger charge is 2.16. The van der Waals surface area contributed by atoms with Crippen LogP contribution in [-0.2, 0) is 0 Å².